The molecule has 0 atom stereocenters. The highest BCUT2D eigenvalue weighted by molar-refractivity contribution is 6.25. The molecule has 0 saturated carbocycles. The van der Waals surface area contributed by atoms with Crippen molar-refractivity contribution >= 4 is 43.7 Å². The van der Waals surface area contributed by atoms with Crippen LogP contribution in [-0.2, 0) is 7.05 Å². The summed E-state index contributed by atoms with van der Waals surface area (Å²) >= 11 is 0. The third kappa shape index (κ3) is 2.12. The van der Waals surface area contributed by atoms with Crippen molar-refractivity contribution in [1.82, 2.24) is 4.57 Å². The lowest BCUT2D eigenvalue weighted by Crippen LogP contribution is -2.33. The van der Waals surface area contributed by atoms with Crippen LogP contribution in [0.15, 0.2) is 71.3 Å². The van der Waals surface area contributed by atoms with E-state index < -0.39 is 0 Å². The molecule has 6 aromatic rings. The zero-order valence-electron chi connectivity index (χ0n) is 18.6. The number of aromatic nitrogens is 2. The number of hydrogen-bond donors (Lipinski definition) is 0. The van der Waals surface area contributed by atoms with E-state index in [2.05, 4.69) is 60.9 Å². The Morgan fingerprint density at radius 2 is 1.60 bits per heavy atom. The summed E-state index contributed by atoms with van der Waals surface area (Å²) in [6.07, 6.45) is 0.486. The molecule has 6 rings (SSSR count). The maximum Gasteiger partial charge on any atom is 0.286 e. The average Bonchev–Trinajstić information content (AvgIpc) is 3.31. The van der Waals surface area contributed by atoms with Crippen LogP contribution in [0.3, 0.4) is 0 Å². The molecular weight excluding hydrogens is 368 g/mol. The van der Waals surface area contributed by atoms with Crippen LogP contribution in [0, 0.1) is 20.8 Å². The van der Waals surface area contributed by atoms with Gasteiger partial charge in [-0.15, -0.1) is 0 Å². The molecule has 0 unspecified atom stereocenters. The Bertz CT molecular complexity index is 1690. The number of hydrogen-bond acceptors (Lipinski definition) is 1. The van der Waals surface area contributed by atoms with Gasteiger partial charge in [0.1, 0.15) is 23.6 Å². The van der Waals surface area contributed by atoms with Crippen LogP contribution in [0.4, 0.5) is 0 Å². The average molecular weight is 393 g/mol. The number of rotatable bonds is 1. The first-order valence-electron chi connectivity index (χ1n) is 10.8. The Hall–Kier alpha value is -3.59. The van der Waals surface area contributed by atoms with Gasteiger partial charge in [0.05, 0.1) is 18.6 Å². The second kappa shape index (κ2) is 5.96. The molecule has 0 aliphatic carbocycles. The van der Waals surface area contributed by atoms with E-state index in [0.717, 1.165) is 49.7 Å². The van der Waals surface area contributed by atoms with Gasteiger partial charge in [-0.3, -0.25) is 0 Å². The monoisotopic (exact) mass is 392 g/mol. The Kier molecular flexibility index (Phi) is 3.22. The molecule has 0 aliphatic heterocycles. The van der Waals surface area contributed by atoms with E-state index in [1.54, 1.807) is 0 Å². The van der Waals surface area contributed by atoms with Crippen LogP contribution in [0.1, 0.15) is 18.1 Å². The van der Waals surface area contributed by atoms with Crippen molar-refractivity contribution in [3.63, 3.8) is 0 Å². The standard InChI is InChI=1S/C27H23N2O/c1-16-13-14-28(4)23(15-16)29-21-11-7-5-9-19(21)25-26(29)18(3)17(2)24-20-10-6-8-12-22(20)30-27(24)25/h5-15H,1-4H3/q+1/i14D. The fourth-order valence-corrected chi connectivity index (χ4v) is 4.84. The van der Waals surface area contributed by atoms with Crippen LogP contribution in [0.2, 0.25) is 0 Å². The largest absolute Gasteiger partial charge is 0.455 e. The summed E-state index contributed by atoms with van der Waals surface area (Å²) < 4.78 is 19.2. The molecule has 30 heavy (non-hydrogen) atoms. The summed E-state index contributed by atoms with van der Waals surface area (Å²) in [5, 5.41) is 4.65. The Balaban J connectivity index is 1.94. The van der Waals surface area contributed by atoms with Crippen LogP contribution >= 0.6 is 0 Å². The first kappa shape index (κ1) is 16.2. The van der Waals surface area contributed by atoms with Crippen LogP contribution in [-0.4, -0.2) is 4.57 Å². The summed E-state index contributed by atoms with van der Waals surface area (Å²) in [6.45, 7) is 6.43. The number of nitrogens with zero attached hydrogens (tertiary/aromatic N) is 2. The number of aryl methyl sites for hydroxylation is 3. The predicted octanol–water partition coefficient (Wildman–Crippen LogP) is 6.43. The normalized spacial score (nSPS) is 12.5. The molecule has 0 bridgehead atoms. The maximum absolute atomic E-state index is 8.45. The Labute approximate surface area is 176 Å². The van der Waals surface area contributed by atoms with Crippen molar-refractivity contribution in [3.05, 3.63) is 83.5 Å². The molecule has 0 amide bonds. The molecule has 0 saturated heterocycles. The van der Waals surface area contributed by atoms with E-state index in [-0.39, 0.29) is 0 Å². The van der Waals surface area contributed by atoms with Gasteiger partial charge in [-0.1, -0.05) is 30.3 Å². The van der Waals surface area contributed by atoms with Crippen LogP contribution < -0.4 is 4.57 Å². The lowest BCUT2D eigenvalue weighted by molar-refractivity contribution is -0.665. The number of benzene rings is 3. The molecule has 3 aromatic heterocycles. The second-order valence-electron chi connectivity index (χ2n) is 8.21. The Morgan fingerprint density at radius 1 is 0.867 bits per heavy atom. The summed E-state index contributed by atoms with van der Waals surface area (Å²) in [5.74, 6) is 0.981. The minimum Gasteiger partial charge on any atom is -0.455 e. The van der Waals surface area contributed by atoms with Crippen LogP contribution in [0.25, 0.3) is 49.6 Å². The molecule has 3 heterocycles. The molecule has 3 nitrogen and oxygen atoms in total. The zero-order chi connectivity index (χ0) is 21.4. The maximum atomic E-state index is 8.45. The van der Waals surface area contributed by atoms with Gasteiger partial charge >= 0.3 is 0 Å². The van der Waals surface area contributed by atoms with Crippen molar-refractivity contribution in [1.29, 1.82) is 0 Å². The fourth-order valence-electron chi connectivity index (χ4n) is 4.84. The van der Waals surface area contributed by atoms with Gasteiger partial charge in [0, 0.05) is 27.8 Å². The first-order valence-corrected chi connectivity index (χ1v) is 10.3. The molecule has 0 spiro atoms. The van der Waals surface area contributed by atoms with Gasteiger partial charge in [0.2, 0.25) is 0 Å². The molecular formula is C27H23N2O+. The van der Waals surface area contributed by atoms with Crippen molar-refractivity contribution in [2.75, 3.05) is 0 Å². The summed E-state index contributed by atoms with van der Waals surface area (Å²) in [5.41, 5.74) is 7.66. The molecule has 3 aromatic carbocycles. The smallest absolute Gasteiger partial charge is 0.286 e. The van der Waals surface area contributed by atoms with Gasteiger partial charge in [0.25, 0.3) is 5.82 Å². The lowest BCUT2D eigenvalue weighted by Gasteiger charge is -2.08. The third-order valence-electron chi connectivity index (χ3n) is 6.41. The number of pyridine rings is 1. The minimum atomic E-state index is 0.486. The van der Waals surface area contributed by atoms with Crippen molar-refractivity contribution in [2.45, 2.75) is 20.8 Å². The summed E-state index contributed by atoms with van der Waals surface area (Å²) in [6, 6.07) is 20.8. The topological polar surface area (TPSA) is 21.9 Å². The number of para-hydroxylation sites is 2. The van der Waals surface area contributed by atoms with E-state index in [0.29, 0.717) is 6.17 Å². The Morgan fingerprint density at radius 3 is 2.43 bits per heavy atom. The lowest BCUT2D eigenvalue weighted by atomic mass is 9.98. The number of fused-ring (bicyclic) bond motifs is 7. The zero-order valence-corrected chi connectivity index (χ0v) is 17.6. The first-order chi connectivity index (χ1) is 15.0. The second-order valence-corrected chi connectivity index (χ2v) is 8.21. The number of furan rings is 1. The highest BCUT2D eigenvalue weighted by Gasteiger charge is 2.27. The van der Waals surface area contributed by atoms with E-state index in [9.17, 15) is 0 Å². The quantitative estimate of drug-likeness (QED) is 0.295. The van der Waals surface area contributed by atoms with Crippen molar-refractivity contribution in [3.8, 4) is 5.82 Å². The molecule has 0 aliphatic rings. The summed E-state index contributed by atoms with van der Waals surface area (Å²) in [7, 11) is 1.96. The molecule has 0 N–H and O–H groups in total. The van der Waals surface area contributed by atoms with Gasteiger partial charge < -0.3 is 4.42 Å². The van der Waals surface area contributed by atoms with E-state index in [4.69, 9.17) is 5.79 Å². The van der Waals surface area contributed by atoms with Gasteiger partial charge in [-0.2, -0.15) is 4.57 Å². The van der Waals surface area contributed by atoms with E-state index in [1.807, 2.05) is 36.7 Å². The third-order valence-corrected chi connectivity index (χ3v) is 6.41. The van der Waals surface area contributed by atoms with Crippen molar-refractivity contribution < 1.29 is 10.4 Å². The van der Waals surface area contributed by atoms with Gasteiger partial charge in [0.15, 0.2) is 0 Å². The van der Waals surface area contributed by atoms with E-state index in [1.165, 1.54) is 16.5 Å². The van der Waals surface area contributed by atoms with Gasteiger partial charge in [-0.05, 0) is 56.2 Å². The minimum absolute atomic E-state index is 0.486. The van der Waals surface area contributed by atoms with E-state index >= 15 is 0 Å². The summed E-state index contributed by atoms with van der Waals surface area (Å²) in [4.78, 5) is 0. The SMILES string of the molecule is [2H]c1cc(C)cc(-n2c3ccccc3c3c4oc5ccccc5c4c(C)c(C)c32)[n+]1C. The molecule has 146 valence electrons. The fraction of sp³-hybridized carbons (Fsp3) is 0.148. The highest BCUT2D eigenvalue weighted by Crippen LogP contribution is 2.43. The van der Waals surface area contributed by atoms with Crippen molar-refractivity contribution in [2.24, 2.45) is 7.05 Å². The molecule has 0 radical (unpaired) electrons. The molecule has 0 fully saturated rings. The van der Waals surface area contributed by atoms with Crippen LogP contribution in [0.5, 0.6) is 0 Å². The molecule has 3 heteroatoms. The van der Waals surface area contributed by atoms with Gasteiger partial charge in [-0.25, -0.2) is 4.57 Å². The highest BCUT2D eigenvalue weighted by atomic mass is 16.3. The predicted molar refractivity (Wildman–Crippen MR) is 123 cm³/mol.